The van der Waals surface area contributed by atoms with Crippen LogP contribution in [0.1, 0.15) is 10.4 Å². The predicted molar refractivity (Wildman–Crippen MR) is 105 cm³/mol. The summed E-state index contributed by atoms with van der Waals surface area (Å²) in [7, 11) is 2.76. The van der Waals surface area contributed by atoms with Gasteiger partial charge in [0.2, 0.25) is 5.43 Å². The standard InChI is InChI=1S/C22H16O6/c1-26-13-9-7-12(8-10-13)18-20(24)16(22(25)27-2)11-15-19(23)14-5-3-4-6-17(14)28-21(15)18/h3-11,24H,1-2H3. The number of esters is 1. The lowest BCUT2D eigenvalue weighted by Crippen LogP contribution is -2.08. The van der Waals surface area contributed by atoms with Crippen molar-refractivity contribution in [2.24, 2.45) is 0 Å². The maximum absolute atomic E-state index is 13.0. The molecule has 28 heavy (non-hydrogen) atoms. The number of benzene rings is 3. The summed E-state index contributed by atoms with van der Waals surface area (Å²) in [5.74, 6) is -0.437. The van der Waals surface area contributed by atoms with Gasteiger partial charge in [-0.2, -0.15) is 0 Å². The van der Waals surface area contributed by atoms with E-state index < -0.39 is 5.97 Å². The second-order valence-corrected chi connectivity index (χ2v) is 6.17. The third-order valence-corrected chi connectivity index (χ3v) is 4.62. The van der Waals surface area contributed by atoms with Crippen LogP contribution >= 0.6 is 0 Å². The molecule has 0 saturated carbocycles. The van der Waals surface area contributed by atoms with E-state index in [1.807, 2.05) is 0 Å². The number of para-hydroxylation sites is 1. The summed E-state index contributed by atoms with van der Waals surface area (Å²) >= 11 is 0. The molecule has 0 radical (unpaired) electrons. The molecule has 6 heteroatoms. The Kier molecular flexibility index (Phi) is 4.24. The Labute approximate surface area is 159 Å². The Hall–Kier alpha value is -3.80. The highest BCUT2D eigenvalue weighted by Gasteiger charge is 2.23. The van der Waals surface area contributed by atoms with Gasteiger partial charge in [-0.05, 0) is 35.9 Å². The zero-order valence-corrected chi connectivity index (χ0v) is 15.2. The normalized spacial score (nSPS) is 10.9. The first-order valence-electron chi connectivity index (χ1n) is 8.49. The topological polar surface area (TPSA) is 86.0 Å². The van der Waals surface area contributed by atoms with Crippen molar-refractivity contribution in [1.29, 1.82) is 0 Å². The lowest BCUT2D eigenvalue weighted by Gasteiger charge is -2.13. The second kappa shape index (κ2) is 6.74. The Balaban J connectivity index is 2.17. The Morgan fingerprint density at radius 3 is 2.39 bits per heavy atom. The number of hydrogen-bond acceptors (Lipinski definition) is 6. The maximum atomic E-state index is 13.0. The van der Waals surface area contributed by atoms with Crippen molar-refractivity contribution in [3.05, 3.63) is 70.4 Å². The molecule has 0 bridgehead atoms. The number of aromatic hydroxyl groups is 1. The van der Waals surface area contributed by atoms with E-state index >= 15 is 0 Å². The van der Waals surface area contributed by atoms with E-state index in [9.17, 15) is 14.7 Å². The minimum atomic E-state index is -0.748. The van der Waals surface area contributed by atoms with Crippen LogP contribution in [-0.2, 0) is 4.74 Å². The fraction of sp³-hybridized carbons (Fsp3) is 0.0909. The van der Waals surface area contributed by atoms with Gasteiger partial charge >= 0.3 is 5.97 Å². The van der Waals surface area contributed by atoms with Gasteiger partial charge in [0.1, 0.15) is 28.2 Å². The number of rotatable bonds is 3. The lowest BCUT2D eigenvalue weighted by molar-refractivity contribution is 0.0597. The molecule has 0 amide bonds. The molecule has 6 nitrogen and oxygen atoms in total. The largest absolute Gasteiger partial charge is 0.506 e. The highest BCUT2D eigenvalue weighted by Crippen LogP contribution is 2.40. The predicted octanol–water partition coefficient (Wildman–Crippen LogP) is 4.11. The maximum Gasteiger partial charge on any atom is 0.341 e. The molecule has 0 aliphatic carbocycles. The van der Waals surface area contributed by atoms with Gasteiger partial charge in [-0.25, -0.2) is 4.79 Å². The van der Waals surface area contributed by atoms with E-state index in [2.05, 4.69) is 0 Å². The zero-order chi connectivity index (χ0) is 19.8. The summed E-state index contributed by atoms with van der Waals surface area (Å²) in [6, 6.07) is 15.0. The van der Waals surface area contributed by atoms with Gasteiger partial charge in [0.25, 0.3) is 0 Å². The SMILES string of the molecule is COC(=O)c1cc2c(=O)c3ccccc3oc2c(-c2ccc(OC)cc2)c1O. The van der Waals surface area contributed by atoms with Crippen LogP contribution in [0, 0.1) is 0 Å². The average Bonchev–Trinajstić information content (AvgIpc) is 2.73. The highest BCUT2D eigenvalue weighted by atomic mass is 16.5. The molecule has 1 heterocycles. The Morgan fingerprint density at radius 2 is 1.71 bits per heavy atom. The van der Waals surface area contributed by atoms with Gasteiger partial charge in [-0.3, -0.25) is 4.79 Å². The molecule has 0 aliphatic heterocycles. The van der Waals surface area contributed by atoms with Crippen molar-refractivity contribution < 1.29 is 23.8 Å². The smallest absolute Gasteiger partial charge is 0.341 e. The minimum absolute atomic E-state index is 0.108. The van der Waals surface area contributed by atoms with Crippen molar-refractivity contribution in [1.82, 2.24) is 0 Å². The number of hydrogen-bond donors (Lipinski definition) is 1. The fourth-order valence-electron chi connectivity index (χ4n) is 3.22. The molecule has 0 aliphatic rings. The molecule has 0 saturated heterocycles. The van der Waals surface area contributed by atoms with Crippen LogP contribution in [0.2, 0.25) is 0 Å². The van der Waals surface area contributed by atoms with E-state index in [1.54, 1.807) is 55.6 Å². The molecule has 3 aromatic carbocycles. The summed E-state index contributed by atoms with van der Waals surface area (Å²) in [5, 5.41) is 11.4. The fourth-order valence-corrected chi connectivity index (χ4v) is 3.22. The van der Waals surface area contributed by atoms with Crippen molar-refractivity contribution in [2.75, 3.05) is 14.2 Å². The number of fused-ring (bicyclic) bond motifs is 2. The third kappa shape index (κ3) is 2.66. The quantitative estimate of drug-likeness (QED) is 0.428. The number of ether oxygens (including phenoxy) is 2. The molecular formula is C22H16O6. The molecule has 0 unspecified atom stereocenters. The number of phenolic OH excluding ortho intramolecular Hbond substituents is 1. The van der Waals surface area contributed by atoms with Crippen LogP contribution in [0.3, 0.4) is 0 Å². The van der Waals surface area contributed by atoms with Crippen LogP contribution in [0.25, 0.3) is 33.1 Å². The molecule has 1 N–H and O–H groups in total. The third-order valence-electron chi connectivity index (χ3n) is 4.62. The van der Waals surface area contributed by atoms with Crippen LogP contribution in [0.5, 0.6) is 11.5 Å². The highest BCUT2D eigenvalue weighted by molar-refractivity contribution is 6.07. The second-order valence-electron chi connectivity index (χ2n) is 6.17. The van der Waals surface area contributed by atoms with E-state index in [0.717, 1.165) is 0 Å². The van der Waals surface area contributed by atoms with E-state index in [1.165, 1.54) is 13.2 Å². The van der Waals surface area contributed by atoms with E-state index in [4.69, 9.17) is 13.9 Å². The molecule has 0 atom stereocenters. The van der Waals surface area contributed by atoms with Crippen LogP contribution < -0.4 is 10.2 Å². The first-order valence-corrected chi connectivity index (χ1v) is 8.49. The van der Waals surface area contributed by atoms with Gasteiger partial charge in [0.05, 0.1) is 30.6 Å². The summed E-state index contributed by atoms with van der Waals surface area (Å²) in [6.45, 7) is 0. The Morgan fingerprint density at radius 1 is 1.00 bits per heavy atom. The monoisotopic (exact) mass is 376 g/mol. The van der Waals surface area contributed by atoms with Crippen LogP contribution in [-0.4, -0.2) is 25.3 Å². The molecule has 0 fully saturated rings. The van der Waals surface area contributed by atoms with Crippen molar-refractivity contribution >= 4 is 27.9 Å². The number of carbonyl (C=O) groups is 1. The van der Waals surface area contributed by atoms with E-state index in [0.29, 0.717) is 22.3 Å². The van der Waals surface area contributed by atoms with Crippen molar-refractivity contribution in [3.63, 3.8) is 0 Å². The van der Waals surface area contributed by atoms with Crippen LogP contribution in [0.15, 0.2) is 63.8 Å². The molecule has 1 aromatic heterocycles. The van der Waals surface area contributed by atoms with Gasteiger partial charge in [-0.15, -0.1) is 0 Å². The van der Waals surface area contributed by atoms with Gasteiger partial charge < -0.3 is 19.0 Å². The average molecular weight is 376 g/mol. The van der Waals surface area contributed by atoms with Gasteiger partial charge in [0.15, 0.2) is 0 Å². The Bertz CT molecular complexity index is 1270. The molecule has 0 spiro atoms. The molecule has 140 valence electrons. The van der Waals surface area contributed by atoms with Gasteiger partial charge in [0, 0.05) is 0 Å². The molecule has 4 rings (SSSR count). The van der Waals surface area contributed by atoms with Crippen LogP contribution in [0.4, 0.5) is 0 Å². The molecular weight excluding hydrogens is 360 g/mol. The van der Waals surface area contributed by atoms with Crippen molar-refractivity contribution in [3.8, 4) is 22.6 Å². The summed E-state index contributed by atoms with van der Waals surface area (Å²) < 4.78 is 15.9. The number of phenols is 1. The summed E-state index contributed by atoms with van der Waals surface area (Å²) in [5.41, 5.74) is 0.982. The first-order chi connectivity index (χ1) is 13.5. The summed E-state index contributed by atoms with van der Waals surface area (Å²) in [4.78, 5) is 25.2. The lowest BCUT2D eigenvalue weighted by atomic mass is 9.97. The number of carbonyl (C=O) groups excluding carboxylic acids is 1. The van der Waals surface area contributed by atoms with Gasteiger partial charge in [-0.1, -0.05) is 24.3 Å². The minimum Gasteiger partial charge on any atom is -0.506 e. The first kappa shape index (κ1) is 17.6. The van der Waals surface area contributed by atoms with Crippen molar-refractivity contribution in [2.45, 2.75) is 0 Å². The number of methoxy groups -OCH3 is 2. The van der Waals surface area contributed by atoms with E-state index in [-0.39, 0.29) is 33.3 Å². The summed E-state index contributed by atoms with van der Waals surface area (Å²) in [6.07, 6.45) is 0. The molecule has 4 aromatic rings. The zero-order valence-electron chi connectivity index (χ0n) is 15.2.